The van der Waals surface area contributed by atoms with E-state index >= 15 is 0 Å². The third-order valence-electron chi connectivity index (χ3n) is 3.54. The molecule has 1 N–H and O–H groups in total. The quantitative estimate of drug-likeness (QED) is 0.824. The Morgan fingerprint density at radius 3 is 3.00 bits per heavy atom. The molecule has 0 bridgehead atoms. The fraction of sp³-hybridized carbons (Fsp3) is 0.750. The molecular weight excluding hydrogens is 188 g/mol. The molecule has 2 aliphatic rings. The molecule has 1 unspecified atom stereocenters. The van der Waals surface area contributed by atoms with E-state index in [1.165, 1.54) is 37.7 Å². The van der Waals surface area contributed by atoms with Gasteiger partial charge in [0.1, 0.15) is 5.76 Å². The van der Waals surface area contributed by atoms with Gasteiger partial charge in [-0.15, -0.1) is 0 Å². The Morgan fingerprint density at radius 2 is 2.27 bits per heavy atom. The molecule has 1 saturated heterocycles. The van der Waals surface area contributed by atoms with E-state index in [1.54, 1.807) is 0 Å². The van der Waals surface area contributed by atoms with Gasteiger partial charge in [-0.2, -0.15) is 0 Å². The van der Waals surface area contributed by atoms with Gasteiger partial charge in [0.2, 0.25) is 0 Å². The van der Waals surface area contributed by atoms with Gasteiger partial charge in [-0.3, -0.25) is 0 Å². The van der Waals surface area contributed by atoms with Gasteiger partial charge in [-0.25, -0.2) is 0 Å². The van der Waals surface area contributed by atoms with Crippen molar-refractivity contribution in [2.45, 2.75) is 50.5 Å². The van der Waals surface area contributed by atoms with Crippen molar-refractivity contribution in [3.8, 4) is 0 Å². The van der Waals surface area contributed by atoms with Crippen LogP contribution in [0, 0.1) is 0 Å². The van der Waals surface area contributed by atoms with Gasteiger partial charge in [-0.1, -0.05) is 11.6 Å². The number of nitrogens with one attached hydrogen (secondary N) is 1. The Bertz CT molecular complexity index is 324. The fourth-order valence-corrected chi connectivity index (χ4v) is 2.48. The first-order chi connectivity index (χ1) is 7.43. The number of piperidine rings is 1. The molecule has 1 aromatic rings. The predicted octanol–water partition coefficient (Wildman–Crippen LogP) is 2.24. The van der Waals surface area contributed by atoms with Crippen LogP contribution in [0.1, 0.15) is 49.3 Å². The third kappa shape index (κ3) is 2.07. The lowest BCUT2D eigenvalue weighted by atomic mass is 9.99. The molecule has 1 aliphatic carbocycles. The molecule has 82 valence electrons. The van der Waals surface area contributed by atoms with Crippen molar-refractivity contribution in [1.82, 2.24) is 10.5 Å². The SMILES string of the molecule is c1noc(CC2CCCCN2)c1C1CC1. The molecule has 0 radical (unpaired) electrons. The first-order valence-corrected chi connectivity index (χ1v) is 6.10. The molecule has 3 rings (SSSR count). The van der Waals surface area contributed by atoms with Crippen LogP contribution < -0.4 is 5.32 Å². The average Bonchev–Trinajstić information content (AvgIpc) is 3.02. The Labute approximate surface area is 90.2 Å². The Balaban J connectivity index is 1.67. The lowest BCUT2D eigenvalue weighted by Crippen LogP contribution is -2.35. The van der Waals surface area contributed by atoms with Gasteiger partial charge < -0.3 is 9.84 Å². The molecule has 2 fully saturated rings. The van der Waals surface area contributed by atoms with E-state index in [-0.39, 0.29) is 0 Å². The first kappa shape index (κ1) is 9.40. The van der Waals surface area contributed by atoms with Crippen molar-refractivity contribution in [1.29, 1.82) is 0 Å². The lowest BCUT2D eigenvalue weighted by Gasteiger charge is -2.22. The normalized spacial score (nSPS) is 26.8. The summed E-state index contributed by atoms with van der Waals surface area (Å²) in [6, 6.07) is 0.615. The van der Waals surface area contributed by atoms with Gasteiger partial charge in [0, 0.05) is 18.0 Å². The van der Waals surface area contributed by atoms with Crippen molar-refractivity contribution in [2.24, 2.45) is 0 Å². The third-order valence-corrected chi connectivity index (χ3v) is 3.54. The second-order valence-corrected chi connectivity index (χ2v) is 4.83. The maximum Gasteiger partial charge on any atom is 0.141 e. The summed E-state index contributed by atoms with van der Waals surface area (Å²) >= 11 is 0. The molecule has 3 heteroatoms. The largest absolute Gasteiger partial charge is 0.361 e. The van der Waals surface area contributed by atoms with Crippen LogP contribution in [0.5, 0.6) is 0 Å². The highest BCUT2D eigenvalue weighted by molar-refractivity contribution is 5.24. The topological polar surface area (TPSA) is 38.1 Å². The van der Waals surface area contributed by atoms with Crippen molar-refractivity contribution in [2.75, 3.05) is 6.54 Å². The summed E-state index contributed by atoms with van der Waals surface area (Å²) in [5.74, 6) is 1.90. The van der Waals surface area contributed by atoms with E-state index in [4.69, 9.17) is 4.52 Å². The van der Waals surface area contributed by atoms with Gasteiger partial charge >= 0.3 is 0 Å². The van der Waals surface area contributed by atoms with Crippen LogP contribution in [0.15, 0.2) is 10.7 Å². The van der Waals surface area contributed by atoms with Gasteiger partial charge in [0.15, 0.2) is 0 Å². The second-order valence-electron chi connectivity index (χ2n) is 4.83. The number of rotatable bonds is 3. The van der Waals surface area contributed by atoms with E-state index in [0.717, 1.165) is 24.6 Å². The molecule has 1 saturated carbocycles. The van der Waals surface area contributed by atoms with Crippen LogP contribution in [0.2, 0.25) is 0 Å². The highest BCUT2D eigenvalue weighted by Gasteiger charge is 2.29. The van der Waals surface area contributed by atoms with Crippen LogP contribution in [-0.4, -0.2) is 17.7 Å². The smallest absolute Gasteiger partial charge is 0.141 e. The number of hydrogen-bond acceptors (Lipinski definition) is 3. The van der Waals surface area contributed by atoms with Gasteiger partial charge in [-0.05, 0) is 38.1 Å². The van der Waals surface area contributed by atoms with E-state index in [1.807, 2.05) is 6.20 Å². The van der Waals surface area contributed by atoms with E-state index in [2.05, 4.69) is 10.5 Å². The van der Waals surface area contributed by atoms with Crippen molar-refractivity contribution >= 4 is 0 Å². The van der Waals surface area contributed by atoms with Crippen molar-refractivity contribution in [3.05, 3.63) is 17.5 Å². The van der Waals surface area contributed by atoms with E-state index in [0.29, 0.717) is 6.04 Å². The maximum absolute atomic E-state index is 5.38. The molecule has 2 heterocycles. The monoisotopic (exact) mass is 206 g/mol. The van der Waals surface area contributed by atoms with E-state index < -0.39 is 0 Å². The Kier molecular flexibility index (Phi) is 2.49. The van der Waals surface area contributed by atoms with Gasteiger partial charge in [0.05, 0.1) is 6.20 Å². The number of aromatic nitrogens is 1. The summed E-state index contributed by atoms with van der Waals surface area (Å²) in [6.07, 6.45) is 9.57. The van der Waals surface area contributed by atoms with Crippen LogP contribution >= 0.6 is 0 Å². The molecular formula is C12H18N2O. The summed E-state index contributed by atoms with van der Waals surface area (Å²) in [7, 11) is 0. The lowest BCUT2D eigenvalue weighted by molar-refractivity contribution is 0.335. The molecule has 0 aromatic carbocycles. The Morgan fingerprint density at radius 1 is 1.33 bits per heavy atom. The molecule has 0 spiro atoms. The van der Waals surface area contributed by atoms with Gasteiger partial charge in [0.25, 0.3) is 0 Å². The average molecular weight is 206 g/mol. The summed E-state index contributed by atoms with van der Waals surface area (Å²) in [6.45, 7) is 1.16. The minimum Gasteiger partial charge on any atom is -0.361 e. The minimum absolute atomic E-state index is 0.615. The summed E-state index contributed by atoms with van der Waals surface area (Å²) in [4.78, 5) is 0. The summed E-state index contributed by atoms with van der Waals surface area (Å²) < 4.78 is 5.38. The summed E-state index contributed by atoms with van der Waals surface area (Å²) in [5, 5.41) is 7.50. The highest BCUT2D eigenvalue weighted by atomic mass is 16.5. The number of nitrogens with zero attached hydrogens (tertiary/aromatic N) is 1. The molecule has 0 amide bonds. The standard InChI is InChI=1S/C12H18N2O/c1-2-6-13-10(3-1)7-12-11(8-14-15-12)9-4-5-9/h8-10,13H,1-7H2. The molecule has 1 aromatic heterocycles. The zero-order valence-corrected chi connectivity index (χ0v) is 9.04. The fourth-order valence-electron chi connectivity index (χ4n) is 2.48. The van der Waals surface area contributed by atoms with Crippen LogP contribution in [-0.2, 0) is 6.42 Å². The molecule has 3 nitrogen and oxygen atoms in total. The zero-order valence-electron chi connectivity index (χ0n) is 9.04. The number of hydrogen-bond donors (Lipinski definition) is 1. The molecule has 1 aliphatic heterocycles. The minimum atomic E-state index is 0.615. The predicted molar refractivity (Wildman–Crippen MR) is 57.8 cm³/mol. The first-order valence-electron chi connectivity index (χ1n) is 6.10. The molecule has 1 atom stereocenters. The molecule has 15 heavy (non-hydrogen) atoms. The van der Waals surface area contributed by atoms with Crippen LogP contribution in [0.3, 0.4) is 0 Å². The maximum atomic E-state index is 5.38. The Hall–Kier alpha value is -0.830. The van der Waals surface area contributed by atoms with E-state index in [9.17, 15) is 0 Å². The van der Waals surface area contributed by atoms with Crippen molar-refractivity contribution in [3.63, 3.8) is 0 Å². The zero-order chi connectivity index (χ0) is 10.1. The summed E-state index contributed by atoms with van der Waals surface area (Å²) in [5.41, 5.74) is 1.38. The van der Waals surface area contributed by atoms with Crippen LogP contribution in [0.4, 0.5) is 0 Å². The highest BCUT2D eigenvalue weighted by Crippen LogP contribution is 2.41. The van der Waals surface area contributed by atoms with Crippen molar-refractivity contribution < 1.29 is 4.52 Å². The van der Waals surface area contributed by atoms with Crippen LogP contribution in [0.25, 0.3) is 0 Å². The second kappa shape index (κ2) is 3.97.